The molecule has 1 aliphatic rings. The molecule has 6 nitrogen and oxygen atoms in total. The van der Waals surface area contributed by atoms with E-state index in [-0.39, 0.29) is 30.1 Å². The lowest BCUT2D eigenvalue weighted by atomic mass is 10.1. The summed E-state index contributed by atoms with van der Waals surface area (Å²) in [5, 5.41) is 21.0. The number of aliphatic carboxylic acids is 1. The van der Waals surface area contributed by atoms with Crippen LogP contribution in [0.2, 0.25) is 0 Å². The van der Waals surface area contributed by atoms with Crippen LogP contribution in [0, 0.1) is 5.92 Å². The van der Waals surface area contributed by atoms with Crippen molar-refractivity contribution in [1.29, 1.82) is 0 Å². The van der Waals surface area contributed by atoms with Gasteiger partial charge in [0.25, 0.3) is 5.91 Å². The third-order valence-electron chi connectivity index (χ3n) is 2.97. The average molecular weight is 277 g/mol. The minimum atomic E-state index is -0.900. The first-order chi connectivity index (χ1) is 9.56. The molecule has 0 aromatic heterocycles. The molecular weight excluding hydrogens is 262 g/mol. The Balaban J connectivity index is 1.78. The Morgan fingerprint density at radius 1 is 1.30 bits per heavy atom. The number of benzene rings is 1. The number of rotatable bonds is 5. The van der Waals surface area contributed by atoms with Gasteiger partial charge in [-0.1, -0.05) is 24.3 Å². The lowest BCUT2D eigenvalue weighted by Crippen LogP contribution is -2.36. The summed E-state index contributed by atoms with van der Waals surface area (Å²) in [7, 11) is 0. The number of aromatic hydroxyl groups is 1. The number of ether oxygens (including phenoxy) is 1. The number of carboxylic acids is 1. The standard InChI is InChI=1S/C14H15NO5/c16-11-3-1-2-4-12(11)20-8-13(17)15-10-6-5-9(7-10)14(18)19/h1-6,9-10,16H,7-8H2,(H,15,17)(H,18,19). The normalized spacial score (nSPS) is 20.6. The van der Waals surface area contributed by atoms with Gasteiger partial charge in [-0.05, 0) is 18.6 Å². The topological polar surface area (TPSA) is 95.9 Å². The minimum absolute atomic E-state index is 0.0352. The van der Waals surface area contributed by atoms with Crippen LogP contribution < -0.4 is 10.1 Å². The lowest BCUT2D eigenvalue weighted by Gasteiger charge is -2.13. The van der Waals surface area contributed by atoms with Crippen molar-refractivity contribution < 1.29 is 24.5 Å². The molecule has 2 rings (SSSR count). The van der Waals surface area contributed by atoms with E-state index in [1.54, 1.807) is 30.4 Å². The summed E-state index contributed by atoms with van der Waals surface area (Å²) in [6.07, 6.45) is 3.57. The monoisotopic (exact) mass is 277 g/mol. The van der Waals surface area contributed by atoms with Crippen molar-refractivity contribution in [3.05, 3.63) is 36.4 Å². The van der Waals surface area contributed by atoms with Gasteiger partial charge in [0.2, 0.25) is 0 Å². The number of carboxylic acid groups (broad SMARTS) is 1. The molecule has 0 spiro atoms. The maximum absolute atomic E-state index is 11.7. The molecular formula is C14H15NO5. The maximum atomic E-state index is 11.7. The SMILES string of the molecule is O=C(COc1ccccc1O)NC1C=CC(C(=O)O)C1. The van der Waals surface area contributed by atoms with E-state index in [1.165, 1.54) is 6.07 Å². The first-order valence-electron chi connectivity index (χ1n) is 6.17. The fraction of sp³-hybridized carbons (Fsp3) is 0.286. The van der Waals surface area contributed by atoms with Crippen LogP contribution in [0.5, 0.6) is 11.5 Å². The molecule has 1 aromatic carbocycles. The van der Waals surface area contributed by atoms with E-state index in [1.807, 2.05) is 0 Å². The number of hydrogen-bond acceptors (Lipinski definition) is 4. The van der Waals surface area contributed by atoms with Crippen molar-refractivity contribution in [2.75, 3.05) is 6.61 Å². The summed E-state index contributed by atoms with van der Waals surface area (Å²) in [6, 6.07) is 6.06. The van der Waals surface area contributed by atoms with Crippen LogP contribution >= 0.6 is 0 Å². The molecule has 3 N–H and O–H groups in total. The highest BCUT2D eigenvalue weighted by atomic mass is 16.5. The van der Waals surface area contributed by atoms with Crippen LogP contribution in [0.1, 0.15) is 6.42 Å². The van der Waals surface area contributed by atoms with Gasteiger partial charge in [0.15, 0.2) is 18.1 Å². The molecule has 2 unspecified atom stereocenters. The van der Waals surface area contributed by atoms with E-state index in [2.05, 4.69) is 5.32 Å². The Hall–Kier alpha value is -2.50. The predicted octanol–water partition coefficient (Wildman–Crippen LogP) is 0.916. The van der Waals surface area contributed by atoms with Gasteiger partial charge < -0.3 is 20.3 Å². The number of amides is 1. The fourth-order valence-corrected chi connectivity index (χ4v) is 1.96. The maximum Gasteiger partial charge on any atom is 0.310 e. The van der Waals surface area contributed by atoms with Gasteiger partial charge in [0.1, 0.15) is 0 Å². The molecule has 0 aliphatic heterocycles. The van der Waals surface area contributed by atoms with Crippen LogP contribution in [0.3, 0.4) is 0 Å². The van der Waals surface area contributed by atoms with E-state index in [9.17, 15) is 14.7 Å². The summed E-state index contributed by atoms with van der Waals surface area (Å²) in [5.74, 6) is -1.63. The number of phenolic OH excluding ortho intramolecular Hbond substituents is 1. The van der Waals surface area contributed by atoms with Crippen LogP contribution in [-0.4, -0.2) is 34.7 Å². The van der Waals surface area contributed by atoms with Crippen LogP contribution in [0.15, 0.2) is 36.4 Å². The van der Waals surface area contributed by atoms with Gasteiger partial charge in [-0.25, -0.2) is 0 Å². The third kappa shape index (κ3) is 3.50. The van der Waals surface area contributed by atoms with Crippen molar-refractivity contribution in [3.8, 4) is 11.5 Å². The Kier molecular flexibility index (Phi) is 4.24. The second-order valence-corrected chi connectivity index (χ2v) is 4.50. The molecule has 106 valence electrons. The fourth-order valence-electron chi connectivity index (χ4n) is 1.96. The number of carbonyl (C=O) groups excluding carboxylic acids is 1. The zero-order valence-corrected chi connectivity index (χ0v) is 10.7. The summed E-state index contributed by atoms with van der Waals surface area (Å²) in [5.41, 5.74) is 0. The summed E-state index contributed by atoms with van der Waals surface area (Å²) in [6.45, 7) is -0.236. The zero-order valence-electron chi connectivity index (χ0n) is 10.7. The highest BCUT2D eigenvalue weighted by molar-refractivity contribution is 5.79. The van der Waals surface area contributed by atoms with Crippen LogP contribution in [0.4, 0.5) is 0 Å². The quantitative estimate of drug-likeness (QED) is 0.695. The van der Waals surface area contributed by atoms with Gasteiger partial charge in [0, 0.05) is 6.04 Å². The van der Waals surface area contributed by atoms with E-state index in [0.717, 1.165) is 0 Å². The number of para-hydroxylation sites is 2. The third-order valence-corrected chi connectivity index (χ3v) is 2.97. The molecule has 0 bridgehead atoms. The first kappa shape index (κ1) is 13.9. The summed E-state index contributed by atoms with van der Waals surface area (Å²) >= 11 is 0. The van der Waals surface area contributed by atoms with Gasteiger partial charge >= 0.3 is 5.97 Å². The number of nitrogens with one attached hydrogen (secondary N) is 1. The molecule has 0 saturated carbocycles. The van der Waals surface area contributed by atoms with Crippen molar-refractivity contribution >= 4 is 11.9 Å². The Labute approximate surface area is 115 Å². The van der Waals surface area contributed by atoms with Gasteiger partial charge in [-0.3, -0.25) is 9.59 Å². The number of carbonyl (C=O) groups is 2. The molecule has 0 saturated heterocycles. The molecule has 1 aromatic rings. The predicted molar refractivity (Wildman–Crippen MR) is 70.4 cm³/mol. The highest BCUT2D eigenvalue weighted by Crippen LogP contribution is 2.24. The van der Waals surface area contributed by atoms with E-state index >= 15 is 0 Å². The Bertz CT molecular complexity index is 540. The highest BCUT2D eigenvalue weighted by Gasteiger charge is 2.25. The number of phenols is 1. The van der Waals surface area contributed by atoms with E-state index < -0.39 is 11.9 Å². The van der Waals surface area contributed by atoms with Gasteiger partial charge in [-0.2, -0.15) is 0 Å². The number of hydrogen-bond donors (Lipinski definition) is 3. The van der Waals surface area contributed by atoms with Crippen molar-refractivity contribution in [2.45, 2.75) is 12.5 Å². The second-order valence-electron chi connectivity index (χ2n) is 4.50. The summed E-state index contributed by atoms with van der Waals surface area (Å²) in [4.78, 5) is 22.4. The Morgan fingerprint density at radius 2 is 2.05 bits per heavy atom. The van der Waals surface area contributed by atoms with Crippen molar-refractivity contribution in [2.24, 2.45) is 5.92 Å². The largest absolute Gasteiger partial charge is 0.504 e. The zero-order chi connectivity index (χ0) is 14.5. The van der Waals surface area contributed by atoms with Crippen LogP contribution in [-0.2, 0) is 9.59 Å². The van der Waals surface area contributed by atoms with Crippen LogP contribution in [0.25, 0.3) is 0 Å². The molecule has 2 atom stereocenters. The lowest BCUT2D eigenvalue weighted by molar-refractivity contribution is -0.140. The van der Waals surface area contributed by atoms with E-state index in [4.69, 9.17) is 9.84 Å². The van der Waals surface area contributed by atoms with Gasteiger partial charge in [-0.15, -0.1) is 0 Å². The molecule has 1 aliphatic carbocycles. The van der Waals surface area contributed by atoms with Gasteiger partial charge in [0.05, 0.1) is 5.92 Å². The van der Waals surface area contributed by atoms with Crippen molar-refractivity contribution in [1.82, 2.24) is 5.32 Å². The average Bonchev–Trinajstić information content (AvgIpc) is 2.86. The molecule has 20 heavy (non-hydrogen) atoms. The Morgan fingerprint density at radius 3 is 2.70 bits per heavy atom. The first-order valence-corrected chi connectivity index (χ1v) is 6.17. The molecule has 0 heterocycles. The molecule has 0 fully saturated rings. The van der Waals surface area contributed by atoms with E-state index in [0.29, 0.717) is 6.42 Å². The smallest absolute Gasteiger partial charge is 0.310 e. The van der Waals surface area contributed by atoms with Crippen molar-refractivity contribution in [3.63, 3.8) is 0 Å². The molecule has 0 radical (unpaired) electrons. The summed E-state index contributed by atoms with van der Waals surface area (Å²) < 4.78 is 5.18. The molecule has 1 amide bonds. The second kappa shape index (κ2) is 6.10. The molecule has 6 heteroatoms. The minimum Gasteiger partial charge on any atom is -0.504 e.